The summed E-state index contributed by atoms with van der Waals surface area (Å²) in [6, 6.07) is 10.5. The fourth-order valence-electron chi connectivity index (χ4n) is 2.38. The van der Waals surface area contributed by atoms with Gasteiger partial charge < -0.3 is 24.6 Å². The van der Waals surface area contributed by atoms with Gasteiger partial charge in [0.15, 0.2) is 11.7 Å². The minimum Gasteiger partial charge on any atom is -0.465 e. The Balaban J connectivity index is 2.24. The Bertz CT molecular complexity index is 790. The fourth-order valence-corrected chi connectivity index (χ4v) is 3.85. The largest absolute Gasteiger partial charge is 0.465 e. The Morgan fingerprint density at radius 3 is 1.33 bits per heavy atom. The van der Waals surface area contributed by atoms with Crippen LogP contribution >= 0.6 is 7.37 Å². The third-order valence-electron chi connectivity index (χ3n) is 3.96. The number of hydrogen-bond acceptors (Lipinski definition) is 7. The molecule has 0 bridgehead atoms. The predicted octanol–water partition coefficient (Wildman–Crippen LogP) is 2.21. The van der Waals surface area contributed by atoms with Crippen LogP contribution in [0.25, 0.3) is 0 Å². The molecule has 9 heteroatoms. The van der Waals surface area contributed by atoms with Gasteiger partial charge in [0.1, 0.15) is 0 Å². The third-order valence-corrected chi connectivity index (χ3v) is 5.96. The first-order chi connectivity index (χ1) is 12.7. The van der Waals surface area contributed by atoms with E-state index in [9.17, 15) is 29.3 Å². The van der Waals surface area contributed by atoms with Crippen molar-refractivity contribution in [2.75, 3.05) is 14.2 Å². The average Bonchev–Trinajstić information content (AvgIpc) is 2.71. The van der Waals surface area contributed by atoms with E-state index in [1.807, 2.05) is 0 Å². The Labute approximate surface area is 155 Å². The number of methoxy groups -OCH3 is 2. The molecular weight excluding hydrogens is 375 g/mol. The number of carbonyl (C=O) groups is 2. The van der Waals surface area contributed by atoms with Crippen LogP contribution in [0.5, 0.6) is 0 Å². The highest BCUT2D eigenvalue weighted by Gasteiger charge is 2.39. The van der Waals surface area contributed by atoms with E-state index in [1.54, 1.807) is 0 Å². The molecule has 0 aliphatic carbocycles. The molecule has 2 aromatic rings. The van der Waals surface area contributed by atoms with E-state index >= 15 is 0 Å². The van der Waals surface area contributed by atoms with Gasteiger partial charge in [-0.1, -0.05) is 24.3 Å². The summed E-state index contributed by atoms with van der Waals surface area (Å²) in [5, 5.41) is 20.6. The average molecular weight is 394 g/mol. The minimum atomic E-state index is -4.53. The van der Waals surface area contributed by atoms with Gasteiger partial charge in [-0.3, -0.25) is 4.57 Å². The Morgan fingerprint density at radius 1 is 0.778 bits per heavy atom. The molecule has 0 fully saturated rings. The van der Waals surface area contributed by atoms with Crippen LogP contribution in [0.1, 0.15) is 43.5 Å². The first-order valence-electron chi connectivity index (χ1n) is 7.77. The first-order valence-corrected chi connectivity index (χ1v) is 9.57. The topological polar surface area (TPSA) is 130 Å². The zero-order chi connectivity index (χ0) is 20.2. The molecule has 0 spiro atoms. The SMILES string of the molecule is COC(=O)c1ccc(C(O)P(=O)(O)C(O)c2ccc(C(=O)OC)cc2)cc1. The van der Waals surface area contributed by atoms with E-state index in [0.717, 1.165) is 0 Å². The summed E-state index contributed by atoms with van der Waals surface area (Å²) in [5.74, 6) is -4.93. The lowest BCUT2D eigenvalue weighted by Crippen LogP contribution is -2.09. The smallest absolute Gasteiger partial charge is 0.337 e. The van der Waals surface area contributed by atoms with E-state index < -0.39 is 31.0 Å². The highest BCUT2D eigenvalue weighted by Crippen LogP contribution is 2.63. The highest BCUT2D eigenvalue weighted by molar-refractivity contribution is 7.58. The van der Waals surface area contributed by atoms with Gasteiger partial charge in [0.25, 0.3) is 7.37 Å². The molecule has 0 saturated heterocycles. The molecule has 0 saturated carbocycles. The maximum absolute atomic E-state index is 12.6. The van der Waals surface area contributed by atoms with Gasteiger partial charge in [-0.05, 0) is 35.4 Å². The maximum Gasteiger partial charge on any atom is 0.337 e. The van der Waals surface area contributed by atoms with Crippen molar-refractivity contribution < 1.29 is 38.7 Å². The number of aliphatic hydroxyl groups excluding tert-OH is 2. The van der Waals surface area contributed by atoms with Gasteiger partial charge in [0, 0.05) is 0 Å². The Morgan fingerprint density at radius 2 is 1.07 bits per heavy atom. The zero-order valence-electron chi connectivity index (χ0n) is 14.6. The van der Waals surface area contributed by atoms with Gasteiger partial charge in [0.2, 0.25) is 0 Å². The minimum absolute atomic E-state index is 0.0544. The molecule has 2 atom stereocenters. The summed E-state index contributed by atoms with van der Waals surface area (Å²) in [4.78, 5) is 33.1. The number of rotatable bonds is 6. The lowest BCUT2D eigenvalue weighted by atomic mass is 10.1. The van der Waals surface area contributed by atoms with Crippen molar-refractivity contribution in [2.24, 2.45) is 0 Å². The van der Waals surface area contributed by atoms with E-state index in [0.29, 0.717) is 0 Å². The molecule has 0 amide bonds. The number of carbonyl (C=O) groups excluding carboxylic acids is 2. The number of hydrogen-bond donors (Lipinski definition) is 3. The van der Waals surface area contributed by atoms with Gasteiger partial charge in [-0.15, -0.1) is 0 Å². The summed E-state index contributed by atoms with van der Waals surface area (Å²) < 4.78 is 21.7. The molecule has 0 aliphatic rings. The van der Waals surface area contributed by atoms with Crippen LogP contribution < -0.4 is 0 Å². The Hall–Kier alpha value is -2.51. The number of benzene rings is 2. The van der Waals surface area contributed by atoms with Crippen molar-refractivity contribution >= 4 is 19.3 Å². The molecule has 0 aliphatic heterocycles. The van der Waals surface area contributed by atoms with Crippen molar-refractivity contribution in [2.45, 2.75) is 11.7 Å². The maximum atomic E-state index is 12.6. The molecule has 2 rings (SSSR count). The standard InChI is InChI=1S/C18H19O8P/c1-25-15(19)11-3-7-13(8-4-11)17(21)27(23,24)18(22)14-9-5-12(6-10-14)16(20)26-2/h3-10,17-18,21-22H,1-2H3,(H,23,24). The van der Waals surface area contributed by atoms with E-state index in [2.05, 4.69) is 9.47 Å². The normalized spacial score (nSPS) is 15.3. The molecule has 2 unspecified atom stereocenters. The van der Waals surface area contributed by atoms with Crippen LogP contribution in [0.15, 0.2) is 48.5 Å². The van der Waals surface area contributed by atoms with Crippen molar-refractivity contribution in [3.63, 3.8) is 0 Å². The van der Waals surface area contributed by atoms with Crippen LogP contribution in [-0.2, 0) is 14.0 Å². The summed E-state index contributed by atoms with van der Waals surface area (Å²) in [7, 11) is -2.10. The quantitative estimate of drug-likeness (QED) is 0.502. The van der Waals surface area contributed by atoms with Crippen LogP contribution in [0.4, 0.5) is 0 Å². The second kappa shape index (κ2) is 8.45. The molecule has 2 aromatic carbocycles. The van der Waals surface area contributed by atoms with Gasteiger partial charge >= 0.3 is 11.9 Å². The molecule has 8 nitrogen and oxygen atoms in total. The van der Waals surface area contributed by atoms with E-state index in [-0.39, 0.29) is 22.3 Å². The second-order valence-corrected chi connectivity index (χ2v) is 7.97. The van der Waals surface area contributed by atoms with Crippen LogP contribution in [0.2, 0.25) is 0 Å². The molecule has 0 heterocycles. The van der Waals surface area contributed by atoms with Crippen molar-refractivity contribution in [3.05, 3.63) is 70.8 Å². The number of aliphatic hydroxyl groups is 2. The summed E-state index contributed by atoms with van der Waals surface area (Å²) in [5.41, 5.74) is 0.526. The number of ether oxygens (including phenoxy) is 2. The lowest BCUT2D eigenvalue weighted by molar-refractivity contribution is 0.0592. The highest BCUT2D eigenvalue weighted by atomic mass is 31.2. The molecule has 144 valence electrons. The van der Waals surface area contributed by atoms with Crippen LogP contribution in [0.3, 0.4) is 0 Å². The summed E-state index contributed by atoms with van der Waals surface area (Å²) >= 11 is 0. The lowest BCUT2D eigenvalue weighted by Gasteiger charge is -2.24. The summed E-state index contributed by atoms with van der Waals surface area (Å²) in [6.45, 7) is 0. The first kappa shape index (κ1) is 20.8. The number of esters is 2. The van der Waals surface area contributed by atoms with Gasteiger partial charge in [-0.25, -0.2) is 9.59 Å². The Kier molecular flexibility index (Phi) is 6.51. The van der Waals surface area contributed by atoms with Crippen molar-refractivity contribution in [3.8, 4) is 0 Å². The van der Waals surface area contributed by atoms with Crippen LogP contribution in [-0.4, -0.2) is 41.3 Å². The van der Waals surface area contributed by atoms with E-state index in [1.165, 1.54) is 62.8 Å². The fraction of sp³-hybridized carbons (Fsp3) is 0.222. The molecule has 0 aromatic heterocycles. The van der Waals surface area contributed by atoms with Gasteiger partial charge in [0.05, 0.1) is 25.3 Å². The third kappa shape index (κ3) is 4.43. The molecule has 3 N–H and O–H groups in total. The van der Waals surface area contributed by atoms with E-state index in [4.69, 9.17) is 0 Å². The monoisotopic (exact) mass is 394 g/mol. The molecule has 0 radical (unpaired) electrons. The predicted molar refractivity (Wildman–Crippen MR) is 95.3 cm³/mol. The second-order valence-electron chi connectivity index (χ2n) is 5.65. The van der Waals surface area contributed by atoms with Gasteiger partial charge in [-0.2, -0.15) is 0 Å². The van der Waals surface area contributed by atoms with Crippen LogP contribution in [0, 0.1) is 0 Å². The molecule has 27 heavy (non-hydrogen) atoms. The summed E-state index contributed by atoms with van der Waals surface area (Å²) in [6.07, 6.45) is 0. The molecular formula is C18H19O8P. The van der Waals surface area contributed by atoms with Crippen molar-refractivity contribution in [1.82, 2.24) is 0 Å². The van der Waals surface area contributed by atoms with Crippen molar-refractivity contribution in [1.29, 1.82) is 0 Å². The zero-order valence-corrected chi connectivity index (χ0v) is 15.5.